The fraction of sp³-hybridized carbons (Fsp3) is 0.385. The van der Waals surface area contributed by atoms with Crippen LogP contribution in [0.2, 0.25) is 0 Å². The van der Waals surface area contributed by atoms with E-state index in [2.05, 4.69) is 11.5 Å². The summed E-state index contributed by atoms with van der Waals surface area (Å²) in [7, 11) is 0. The van der Waals surface area contributed by atoms with Crippen LogP contribution in [0.4, 0.5) is 9.80 Å². The van der Waals surface area contributed by atoms with Crippen LogP contribution in [0.15, 0.2) is 30.2 Å². The molecule has 3 heterocycles. The molecule has 6 heteroatoms. The predicted octanol–water partition coefficient (Wildman–Crippen LogP) is 1.39. The predicted molar refractivity (Wildman–Crippen MR) is 74.3 cm³/mol. The minimum atomic E-state index is -0.344. The summed E-state index contributed by atoms with van der Waals surface area (Å²) in [5.74, 6) is -0.110. The van der Waals surface area contributed by atoms with Gasteiger partial charge >= 0.3 is 6.03 Å². The van der Waals surface area contributed by atoms with Crippen molar-refractivity contribution in [3.8, 4) is 0 Å². The number of amides is 3. The maximum absolute atomic E-state index is 12.4. The molecule has 0 radical (unpaired) electrons. The fourth-order valence-corrected chi connectivity index (χ4v) is 3.33. The van der Waals surface area contributed by atoms with Gasteiger partial charge in [-0.2, -0.15) is 0 Å². The van der Waals surface area contributed by atoms with Gasteiger partial charge in [-0.1, -0.05) is 6.08 Å². The molecule has 19 heavy (non-hydrogen) atoms. The van der Waals surface area contributed by atoms with Gasteiger partial charge in [0.25, 0.3) is 5.91 Å². The Balaban J connectivity index is 1.84. The van der Waals surface area contributed by atoms with Gasteiger partial charge in [0.05, 0.1) is 0 Å². The first kappa shape index (κ1) is 12.4. The van der Waals surface area contributed by atoms with Crippen LogP contribution in [0.25, 0.3) is 0 Å². The summed E-state index contributed by atoms with van der Waals surface area (Å²) in [5.41, 5.74) is 0. The quantitative estimate of drug-likeness (QED) is 0.619. The standard InChI is InChI=1S/C13H15N3O2S/c1-2-5-14-6-7-15-10(9-14)12(17)16(13(15)18)11-4-3-8-19-11/h2-4,8,10H,1,5-7,9H2. The third-order valence-electron chi connectivity index (χ3n) is 3.52. The highest BCUT2D eigenvalue weighted by atomic mass is 32.1. The van der Waals surface area contributed by atoms with Gasteiger partial charge in [-0.05, 0) is 17.5 Å². The van der Waals surface area contributed by atoms with E-state index in [0.29, 0.717) is 18.1 Å². The van der Waals surface area contributed by atoms with E-state index in [0.717, 1.165) is 13.1 Å². The van der Waals surface area contributed by atoms with E-state index in [9.17, 15) is 9.59 Å². The molecule has 1 aromatic heterocycles. The molecule has 100 valence electrons. The Hall–Kier alpha value is -1.66. The highest BCUT2D eigenvalue weighted by Crippen LogP contribution is 2.30. The maximum atomic E-state index is 12.4. The molecular formula is C13H15N3O2S. The number of anilines is 1. The lowest BCUT2D eigenvalue weighted by atomic mass is 10.2. The Morgan fingerprint density at radius 2 is 2.26 bits per heavy atom. The number of fused-ring (bicyclic) bond motifs is 1. The molecule has 2 aliphatic heterocycles. The summed E-state index contributed by atoms with van der Waals surface area (Å²) in [5, 5.41) is 2.58. The summed E-state index contributed by atoms with van der Waals surface area (Å²) < 4.78 is 0. The van der Waals surface area contributed by atoms with E-state index in [1.165, 1.54) is 16.2 Å². The largest absolute Gasteiger partial charge is 0.332 e. The molecule has 1 aromatic rings. The van der Waals surface area contributed by atoms with Crippen LogP contribution in [-0.2, 0) is 4.79 Å². The zero-order valence-corrected chi connectivity index (χ0v) is 11.3. The van der Waals surface area contributed by atoms with Gasteiger partial charge in [0.2, 0.25) is 0 Å². The Labute approximate surface area is 115 Å². The first-order chi connectivity index (χ1) is 9.22. The van der Waals surface area contributed by atoms with Crippen LogP contribution in [0.3, 0.4) is 0 Å². The van der Waals surface area contributed by atoms with Crippen molar-refractivity contribution < 1.29 is 9.59 Å². The highest BCUT2D eigenvalue weighted by molar-refractivity contribution is 7.14. The molecule has 5 nitrogen and oxygen atoms in total. The van der Waals surface area contributed by atoms with Crippen molar-refractivity contribution in [1.29, 1.82) is 0 Å². The zero-order valence-electron chi connectivity index (χ0n) is 10.5. The van der Waals surface area contributed by atoms with Crippen molar-refractivity contribution in [2.75, 3.05) is 31.1 Å². The third kappa shape index (κ3) is 1.97. The summed E-state index contributed by atoms with van der Waals surface area (Å²) in [6.07, 6.45) is 1.83. The van der Waals surface area contributed by atoms with Gasteiger partial charge in [-0.15, -0.1) is 17.9 Å². The van der Waals surface area contributed by atoms with E-state index >= 15 is 0 Å². The van der Waals surface area contributed by atoms with Gasteiger partial charge in [0.1, 0.15) is 11.0 Å². The minimum absolute atomic E-state index is 0.110. The lowest BCUT2D eigenvalue weighted by Crippen LogP contribution is -2.52. The Morgan fingerprint density at radius 1 is 1.42 bits per heavy atom. The van der Waals surface area contributed by atoms with Crippen LogP contribution in [0.1, 0.15) is 0 Å². The Kier molecular flexibility index (Phi) is 3.12. The van der Waals surface area contributed by atoms with Gasteiger partial charge < -0.3 is 4.90 Å². The van der Waals surface area contributed by atoms with Crippen molar-refractivity contribution in [1.82, 2.24) is 9.80 Å². The van der Waals surface area contributed by atoms with Crippen molar-refractivity contribution in [2.24, 2.45) is 0 Å². The molecule has 0 aliphatic carbocycles. The van der Waals surface area contributed by atoms with Crippen molar-refractivity contribution in [3.05, 3.63) is 30.2 Å². The van der Waals surface area contributed by atoms with Crippen LogP contribution in [0.5, 0.6) is 0 Å². The Morgan fingerprint density at radius 3 is 2.95 bits per heavy atom. The summed E-state index contributed by atoms with van der Waals surface area (Å²) in [4.78, 5) is 29.9. The van der Waals surface area contributed by atoms with Gasteiger partial charge in [0.15, 0.2) is 0 Å². The van der Waals surface area contributed by atoms with Crippen molar-refractivity contribution in [3.63, 3.8) is 0 Å². The van der Waals surface area contributed by atoms with Crippen LogP contribution in [0, 0.1) is 0 Å². The average Bonchev–Trinajstić information content (AvgIpc) is 2.99. The molecule has 0 saturated carbocycles. The molecule has 1 unspecified atom stereocenters. The number of nitrogens with zero attached hydrogens (tertiary/aromatic N) is 3. The van der Waals surface area contributed by atoms with Gasteiger partial charge in [-0.25, -0.2) is 9.69 Å². The smallest absolute Gasteiger partial charge is 0.309 e. The molecule has 3 rings (SSSR count). The summed E-state index contributed by atoms with van der Waals surface area (Å²) in [6, 6.07) is 3.13. The SMILES string of the molecule is C=CCN1CCN2C(=O)N(c3cccs3)C(=O)C2C1. The number of piperazine rings is 1. The van der Waals surface area contributed by atoms with Gasteiger partial charge in [0, 0.05) is 26.2 Å². The van der Waals surface area contributed by atoms with Crippen molar-refractivity contribution in [2.45, 2.75) is 6.04 Å². The van der Waals surface area contributed by atoms with Crippen LogP contribution in [-0.4, -0.2) is 54.0 Å². The van der Waals surface area contributed by atoms with E-state index in [1.807, 2.05) is 17.5 Å². The molecule has 3 amide bonds. The molecular weight excluding hydrogens is 262 g/mol. The number of hydrogen-bond donors (Lipinski definition) is 0. The second-order valence-electron chi connectivity index (χ2n) is 4.66. The topological polar surface area (TPSA) is 43.9 Å². The molecule has 1 atom stereocenters. The van der Waals surface area contributed by atoms with Crippen molar-refractivity contribution >= 4 is 28.3 Å². The highest BCUT2D eigenvalue weighted by Gasteiger charge is 2.48. The molecule has 0 N–H and O–H groups in total. The first-order valence-electron chi connectivity index (χ1n) is 6.23. The summed E-state index contributed by atoms with van der Waals surface area (Å²) >= 11 is 1.41. The maximum Gasteiger partial charge on any atom is 0.332 e. The minimum Gasteiger partial charge on any atom is -0.309 e. The van der Waals surface area contributed by atoms with E-state index < -0.39 is 0 Å². The molecule has 2 saturated heterocycles. The number of rotatable bonds is 3. The average molecular weight is 277 g/mol. The molecule has 2 fully saturated rings. The lowest BCUT2D eigenvalue weighted by Gasteiger charge is -2.34. The number of urea groups is 1. The lowest BCUT2D eigenvalue weighted by molar-refractivity contribution is -0.121. The Bertz CT molecular complexity index is 514. The number of imide groups is 1. The van der Waals surface area contributed by atoms with E-state index in [4.69, 9.17) is 0 Å². The second kappa shape index (κ2) is 4.79. The first-order valence-corrected chi connectivity index (χ1v) is 7.11. The van der Waals surface area contributed by atoms with E-state index in [-0.39, 0.29) is 18.0 Å². The van der Waals surface area contributed by atoms with E-state index in [1.54, 1.807) is 11.0 Å². The molecule has 0 aromatic carbocycles. The van der Waals surface area contributed by atoms with Gasteiger partial charge in [-0.3, -0.25) is 9.69 Å². The van der Waals surface area contributed by atoms with Crippen LogP contribution >= 0.6 is 11.3 Å². The zero-order chi connectivity index (χ0) is 13.4. The fourth-order valence-electron chi connectivity index (χ4n) is 2.60. The number of carbonyl (C=O) groups excluding carboxylic acids is 2. The second-order valence-corrected chi connectivity index (χ2v) is 5.59. The normalized spacial score (nSPS) is 23.9. The third-order valence-corrected chi connectivity index (χ3v) is 4.37. The molecule has 0 bridgehead atoms. The molecule has 2 aliphatic rings. The molecule has 0 spiro atoms. The summed E-state index contributed by atoms with van der Waals surface area (Å²) in [6.45, 7) is 6.46. The van der Waals surface area contributed by atoms with Crippen LogP contribution < -0.4 is 4.90 Å². The number of thiophene rings is 1. The monoisotopic (exact) mass is 277 g/mol. The number of hydrogen-bond acceptors (Lipinski definition) is 4. The number of carbonyl (C=O) groups is 2.